The van der Waals surface area contributed by atoms with E-state index < -0.39 is 18.0 Å². The van der Waals surface area contributed by atoms with Gasteiger partial charge in [-0.3, -0.25) is 9.59 Å². The molecule has 0 radical (unpaired) electrons. The van der Waals surface area contributed by atoms with Crippen molar-refractivity contribution in [2.75, 3.05) is 6.61 Å². The summed E-state index contributed by atoms with van der Waals surface area (Å²) in [6, 6.07) is 8.36. The number of carboxylic acids is 1. The Balaban J connectivity index is 2.23. The Labute approximate surface area is 99.2 Å². The van der Waals surface area contributed by atoms with Gasteiger partial charge in [0.2, 0.25) is 0 Å². The number of carbonyl (C=O) groups excluding carboxylic acids is 1. The van der Waals surface area contributed by atoms with Gasteiger partial charge in [-0.25, -0.2) is 0 Å². The second-order valence-electron chi connectivity index (χ2n) is 3.60. The minimum atomic E-state index is -1.20. The number of esters is 1. The molecule has 1 atom stereocenters. The second kappa shape index (κ2) is 6.65. The van der Waals surface area contributed by atoms with Gasteiger partial charge in [0.15, 0.2) is 0 Å². The van der Waals surface area contributed by atoms with E-state index in [4.69, 9.17) is 15.6 Å². The Morgan fingerprint density at radius 2 is 1.94 bits per heavy atom. The van der Waals surface area contributed by atoms with E-state index in [1.54, 1.807) is 0 Å². The fourth-order valence-corrected chi connectivity index (χ4v) is 1.25. The molecule has 0 aliphatic heterocycles. The summed E-state index contributed by atoms with van der Waals surface area (Å²) in [6.45, 7) is 0.231. The highest BCUT2D eigenvalue weighted by Crippen LogP contribution is 2.00. The molecule has 0 saturated carbocycles. The van der Waals surface area contributed by atoms with Crippen LogP contribution in [0.25, 0.3) is 0 Å². The molecule has 0 aliphatic rings. The average molecular weight is 237 g/mol. The summed E-state index contributed by atoms with van der Waals surface area (Å²) in [6.07, 6.45) is 0.305. The molecule has 0 spiro atoms. The van der Waals surface area contributed by atoms with E-state index in [0.717, 1.165) is 5.56 Å². The van der Waals surface area contributed by atoms with Crippen molar-refractivity contribution >= 4 is 11.9 Å². The zero-order valence-electron chi connectivity index (χ0n) is 9.33. The van der Waals surface area contributed by atoms with Crippen molar-refractivity contribution in [3.05, 3.63) is 35.9 Å². The van der Waals surface area contributed by atoms with Gasteiger partial charge in [0, 0.05) is 6.42 Å². The van der Waals surface area contributed by atoms with E-state index in [9.17, 15) is 9.59 Å². The highest BCUT2D eigenvalue weighted by Gasteiger charge is 2.16. The largest absolute Gasteiger partial charge is 0.480 e. The Bertz CT molecular complexity index is 377. The molecule has 5 nitrogen and oxygen atoms in total. The van der Waals surface area contributed by atoms with Crippen LogP contribution in [0.5, 0.6) is 0 Å². The minimum Gasteiger partial charge on any atom is -0.480 e. The van der Waals surface area contributed by atoms with E-state index in [-0.39, 0.29) is 13.0 Å². The summed E-state index contributed by atoms with van der Waals surface area (Å²) >= 11 is 0. The number of aliphatic carboxylic acids is 1. The molecular weight excluding hydrogens is 222 g/mol. The van der Waals surface area contributed by atoms with E-state index in [0.29, 0.717) is 6.42 Å². The molecule has 0 bridgehead atoms. The molecular formula is C12H15NO4. The van der Waals surface area contributed by atoms with Crippen molar-refractivity contribution in [1.29, 1.82) is 0 Å². The van der Waals surface area contributed by atoms with Gasteiger partial charge in [0.25, 0.3) is 0 Å². The monoisotopic (exact) mass is 237 g/mol. The fraction of sp³-hybridized carbons (Fsp3) is 0.333. The quantitative estimate of drug-likeness (QED) is 0.706. The molecule has 1 rings (SSSR count). The van der Waals surface area contributed by atoms with Gasteiger partial charge in [-0.05, 0) is 5.56 Å². The zero-order valence-corrected chi connectivity index (χ0v) is 9.33. The minimum absolute atomic E-state index is 0.231. The molecule has 1 aromatic rings. The standard InChI is InChI=1S/C12H15NO4/c13-10(12(15)16)8-11(14)17-7-6-9-4-2-1-3-5-9/h1-5,10H,6-8,13H2,(H,15,16)/t10-/m0/s1. The third-order valence-electron chi connectivity index (χ3n) is 2.20. The first-order valence-electron chi connectivity index (χ1n) is 5.27. The van der Waals surface area contributed by atoms with Gasteiger partial charge in [0.1, 0.15) is 6.04 Å². The van der Waals surface area contributed by atoms with Gasteiger partial charge in [-0.15, -0.1) is 0 Å². The van der Waals surface area contributed by atoms with Crippen molar-refractivity contribution in [2.24, 2.45) is 5.73 Å². The number of ether oxygens (including phenoxy) is 1. The van der Waals surface area contributed by atoms with Gasteiger partial charge < -0.3 is 15.6 Å². The van der Waals surface area contributed by atoms with Crippen molar-refractivity contribution in [3.8, 4) is 0 Å². The van der Waals surface area contributed by atoms with Crippen LogP contribution >= 0.6 is 0 Å². The van der Waals surface area contributed by atoms with E-state index in [1.165, 1.54) is 0 Å². The fourth-order valence-electron chi connectivity index (χ4n) is 1.25. The maximum atomic E-state index is 11.2. The van der Waals surface area contributed by atoms with Crippen LogP contribution in [0, 0.1) is 0 Å². The van der Waals surface area contributed by atoms with Crippen molar-refractivity contribution < 1.29 is 19.4 Å². The van der Waals surface area contributed by atoms with E-state index in [1.807, 2.05) is 30.3 Å². The lowest BCUT2D eigenvalue weighted by Gasteiger charge is -2.07. The molecule has 0 aliphatic carbocycles. The number of carboxylic acid groups (broad SMARTS) is 1. The SMILES string of the molecule is N[C@@H](CC(=O)OCCc1ccccc1)C(=O)O. The third kappa shape index (κ3) is 5.12. The molecule has 0 amide bonds. The molecule has 0 saturated heterocycles. The van der Waals surface area contributed by atoms with Crippen LogP contribution in [-0.4, -0.2) is 29.7 Å². The lowest BCUT2D eigenvalue weighted by Crippen LogP contribution is -2.33. The second-order valence-corrected chi connectivity index (χ2v) is 3.60. The first kappa shape index (κ1) is 13.2. The van der Waals surface area contributed by atoms with Crippen molar-refractivity contribution in [1.82, 2.24) is 0 Å². The first-order valence-corrected chi connectivity index (χ1v) is 5.27. The van der Waals surface area contributed by atoms with Gasteiger partial charge in [-0.1, -0.05) is 30.3 Å². The summed E-state index contributed by atoms with van der Waals surface area (Å²) < 4.78 is 4.88. The third-order valence-corrected chi connectivity index (χ3v) is 2.20. The Morgan fingerprint density at radius 3 is 2.53 bits per heavy atom. The number of rotatable bonds is 6. The van der Waals surface area contributed by atoms with Gasteiger partial charge >= 0.3 is 11.9 Å². The molecule has 5 heteroatoms. The normalized spacial score (nSPS) is 11.8. The number of benzene rings is 1. The van der Waals surface area contributed by atoms with Crippen LogP contribution in [-0.2, 0) is 20.7 Å². The van der Waals surface area contributed by atoms with E-state index >= 15 is 0 Å². The van der Waals surface area contributed by atoms with Crippen LogP contribution in [0.1, 0.15) is 12.0 Å². The molecule has 0 fully saturated rings. The predicted octanol–water partition coefficient (Wildman–Crippen LogP) is 0.574. The Hall–Kier alpha value is -1.88. The molecule has 0 aromatic heterocycles. The van der Waals surface area contributed by atoms with Crippen molar-refractivity contribution in [2.45, 2.75) is 18.9 Å². The maximum absolute atomic E-state index is 11.2. The number of carbonyl (C=O) groups is 2. The zero-order chi connectivity index (χ0) is 12.7. The highest BCUT2D eigenvalue weighted by molar-refractivity contribution is 5.81. The number of hydrogen-bond acceptors (Lipinski definition) is 4. The molecule has 92 valence electrons. The summed E-state index contributed by atoms with van der Waals surface area (Å²) in [7, 11) is 0. The topological polar surface area (TPSA) is 89.6 Å². The highest BCUT2D eigenvalue weighted by atomic mass is 16.5. The van der Waals surface area contributed by atoms with Crippen LogP contribution < -0.4 is 5.73 Å². The number of hydrogen-bond donors (Lipinski definition) is 2. The van der Waals surface area contributed by atoms with Gasteiger partial charge in [-0.2, -0.15) is 0 Å². The lowest BCUT2D eigenvalue weighted by molar-refractivity contribution is -0.148. The van der Waals surface area contributed by atoms with Crippen LogP contribution in [0.3, 0.4) is 0 Å². The lowest BCUT2D eigenvalue weighted by atomic mass is 10.2. The summed E-state index contributed by atoms with van der Waals surface area (Å²) in [5.41, 5.74) is 6.26. The predicted molar refractivity (Wildman–Crippen MR) is 61.3 cm³/mol. The van der Waals surface area contributed by atoms with E-state index in [2.05, 4.69) is 0 Å². The molecule has 17 heavy (non-hydrogen) atoms. The van der Waals surface area contributed by atoms with Crippen LogP contribution in [0.4, 0.5) is 0 Å². The first-order chi connectivity index (χ1) is 8.09. The Kier molecular flexibility index (Phi) is 5.16. The van der Waals surface area contributed by atoms with Crippen molar-refractivity contribution in [3.63, 3.8) is 0 Å². The van der Waals surface area contributed by atoms with Gasteiger partial charge in [0.05, 0.1) is 13.0 Å². The summed E-state index contributed by atoms with van der Waals surface area (Å²) in [5.74, 6) is -1.79. The smallest absolute Gasteiger partial charge is 0.321 e. The summed E-state index contributed by atoms with van der Waals surface area (Å²) in [4.78, 5) is 21.6. The maximum Gasteiger partial charge on any atom is 0.321 e. The molecule has 3 N–H and O–H groups in total. The molecule has 0 heterocycles. The van der Waals surface area contributed by atoms with Crippen LogP contribution in [0.15, 0.2) is 30.3 Å². The average Bonchev–Trinajstić information content (AvgIpc) is 2.30. The summed E-state index contributed by atoms with van der Waals surface area (Å²) in [5, 5.41) is 8.50. The number of nitrogens with two attached hydrogens (primary N) is 1. The Morgan fingerprint density at radius 1 is 1.29 bits per heavy atom. The van der Waals surface area contributed by atoms with Crippen LogP contribution in [0.2, 0.25) is 0 Å². The molecule has 1 aromatic carbocycles. The molecule has 0 unspecified atom stereocenters.